The predicted octanol–water partition coefficient (Wildman–Crippen LogP) is 2.55. The number of aryl methyl sites for hydroxylation is 2. The van der Waals surface area contributed by atoms with E-state index >= 15 is 0 Å². The van der Waals surface area contributed by atoms with E-state index in [2.05, 4.69) is 5.16 Å². The quantitative estimate of drug-likeness (QED) is 0.648. The van der Waals surface area contributed by atoms with Crippen LogP contribution < -0.4 is 0 Å². The molecule has 0 aliphatic carbocycles. The van der Waals surface area contributed by atoms with Crippen LogP contribution in [0.3, 0.4) is 0 Å². The minimum absolute atomic E-state index is 0.794. The average molecular weight is 163 g/mol. The molecule has 0 aromatic carbocycles. The van der Waals surface area contributed by atoms with Gasteiger partial charge in [0.15, 0.2) is 0 Å². The number of hydrogen-bond acceptors (Lipinski definition) is 3. The molecule has 0 fully saturated rings. The van der Waals surface area contributed by atoms with E-state index in [1.54, 1.807) is 6.26 Å². The van der Waals surface area contributed by atoms with Crippen molar-refractivity contribution in [2.75, 3.05) is 0 Å². The number of aromatic nitrogens is 1. The minimum Gasteiger partial charge on any atom is -0.464 e. The van der Waals surface area contributed by atoms with E-state index in [4.69, 9.17) is 8.94 Å². The fourth-order valence-electron chi connectivity index (χ4n) is 1.26. The summed E-state index contributed by atoms with van der Waals surface area (Å²) in [7, 11) is 0. The summed E-state index contributed by atoms with van der Waals surface area (Å²) in [6.45, 7) is 3.77. The SMILES string of the molecule is Cc1noc(C)c1-c1ccco1. The molecule has 0 unspecified atom stereocenters. The van der Waals surface area contributed by atoms with Gasteiger partial charge in [-0.05, 0) is 26.0 Å². The van der Waals surface area contributed by atoms with Crippen LogP contribution in [0.2, 0.25) is 0 Å². The molecule has 0 saturated heterocycles. The third-order valence-electron chi connectivity index (χ3n) is 1.80. The zero-order valence-corrected chi connectivity index (χ0v) is 7.00. The topological polar surface area (TPSA) is 39.2 Å². The van der Waals surface area contributed by atoms with E-state index < -0.39 is 0 Å². The van der Waals surface area contributed by atoms with Crippen LogP contribution in [-0.4, -0.2) is 5.16 Å². The first-order valence-electron chi connectivity index (χ1n) is 3.76. The van der Waals surface area contributed by atoms with E-state index in [0.29, 0.717) is 0 Å². The standard InChI is InChI=1S/C9H9NO2/c1-6-9(7(2)12-10-6)8-4-3-5-11-8/h3-5H,1-2H3. The Labute approximate surface area is 70.0 Å². The molecule has 0 saturated carbocycles. The number of rotatable bonds is 1. The molecular weight excluding hydrogens is 154 g/mol. The highest BCUT2D eigenvalue weighted by Crippen LogP contribution is 2.26. The van der Waals surface area contributed by atoms with Gasteiger partial charge in [0, 0.05) is 0 Å². The summed E-state index contributed by atoms with van der Waals surface area (Å²) in [5.41, 5.74) is 1.82. The molecule has 0 N–H and O–H groups in total. The molecule has 0 aliphatic heterocycles. The van der Waals surface area contributed by atoms with E-state index in [-0.39, 0.29) is 0 Å². The van der Waals surface area contributed by atoms with E-state index in [1.807, 2.05) is 26.0 Å². The molecule has 2 rings (SSSR count). The van der Waals surface area contributed by atoms with Gasteiger partial charge >= 0.3 is 0 Å². The lowest BCUT2D eigenvalue weighted by Crippen LogP contribution is -1.77. The van der Waals surface area contributed by atoms with Crippen LogP contribution in [-0.2, 0) is 0 Å². The molecule has 0 radical (unpaired) electrons. The maximum Gasteiger partial charge on any atom is 0.144 e. The lowest BCUT2D eigenvalue weighted by atomic mass is 10.1. The molecule has 0 bridgehead atoms. The molecule has 3 heteroatoms. The first-order valence-corrected chi connectivity index (χ1v) is 3.76. The predicted molar refractivity (Wildman–Crippen MR) is 43.7 cm³/mol. The molecule has 0 aliphatic rings. The van der Waals surface area contributed by atoms with Gasteiger partial charge in [0.05, 0.1) is 17.5 Å². The first-order chi connectivity index (χ1) is 5.79. The lowest BCUT2D eigenvalue weighted by molar-refractivity contribution is 0.393. The Balaban J connectivity index is 2.60. The van der Waals surface area contributed by atoms with Crippen molar-refractivity contribution in [3.63, 3.8) is 0 Å². The molecule has 0 spiro atoms. The highest BCUT2D eigenvalue weighted by atomic mass is 16.5. The van der Waals surface area contributed by atoms with E-state index in [9.17, 15) is 0 Å². The average Bonchev–Trinajstić information content (AvgIpc) is 2.61. The molecule has 3 nitrogen and oxygen atoms in total. The Morgan fingerprint density at radius 1 is 1.33 bits per heavy atom. The second-order valence-electron chi connectivity index (χ2n) is 2.68. The Morgan fingerprint density at radius 2 is 2.17 bits per heavy atom. The fourth-order valence-corrected chi connectivity index (χ4v) is 1.26. The van der Waals surface area contributed by atoms with Crippen LogP contribution in [0.1, 0.15) is 11.5 Å². The molecule has 2 aromatic rings. The van der Waals surface area contributed by atoms with Gasteiger partial charge in [-0.2, -0.15) is 0 Å². The highest BCUT2D eigenvalue weighted by molar-refractivity contribution is 5.61. The second-order valence-corrected chi connectivity index (χ2v) is 2.68. The second kappa shape index (κ2) is 2.52. The fraction of sp³-hybridized carbons (Fsp3) is 0.222. The summed E-state index contributed by atoms with van der Waals surface area (Å²) >= 11 is 0. The van der Waals surface area contributed by atoms with Gasteiger partial charge in [-0.3, -0.25) is 0 Å². The Morgan fingerprint density at radius 3 is 2.67 bits per heavy atom. The molecular formula is C9H9NO2. The van der Waals surface area contributed by atoms with Gasteiger partial charge in [-0.25, -0.2) is 0 Å². The molecule has 2 heterocycles. The van der Waals surface area contributed by atoms with Crippen molar-refractivity contribution in [3.8, 4) is 11.3 Å². The number of hydrogen-bond donors (Lipinski definition) is 0. The van der Waals surface area contributed by atoms with E-state index in [1.165, 1.54) is 0 Å². The van der Waals surface area contributed by atoms with Crippen molar-refractivity contribution in [1.29, 1.82) is 0 Å². The van der Waals surface area contributed by atoms with Gasteiger partial charge < -0.3 is 8.94 Å². The largest absolute Gasteiger partial charge is 0.464 e. The van der Waals surface area contributed by atoms with Crippen LogP contribution in [0, 0.1) is 13.8 Å². The molecule has 0 atom stereocenters. The third kappa shape index (κ3) is 0.942. The van der Waals surface area contributed by atoms with Gasteiger partial charge in [0.2, 0.25) is 0 Å². The number of nitrogens with zero attached hydrogens (tertiary/aromatic N) is 1. The molecule has 2 aromatic heterocycles. The van der Waals surface area contributed by atoms with Crippen molar-refractivity contribution in [1.82, 2.24) is 5.16 Å². The summed E-state index contributed by atoms with van der Waals surface area (Å²) in [5.74, 6) is 1.61. The summed E-state index contributed by atoms with van der Waals surface area (Å²) in [6.07, 6.45) is 1.64. The van der Waals surface area contributed by atoms with Crippen molar-refractivity contribution < 1.29 is 8.94 Å². The maximum absolute atomic E-state index is 5.24. The van der Waals surface area contributed by atoms with Crippen molar-refractivity contribution in [2.45, 2.75) is 13.8 Å². The minimum atomic E-state index is 0.794. The van der Waals surface area contributed by atoms with Gasteiger partial charge in [0.1, 0.15) is 11.5 Å². The maximum atomic E-state index is 5.24. The monoisotopic (exact) mass is 163 g/mol. The van der Waals surface area contributed by atoms with Crippen LogP contribution in [0.25, 0.3) is 11.3 Å². The Hall–Kier alpha value is -1.51. The zero-order chi connectivity index (χ0) is 8.55. The van der Waals surface area contributed by atoms with Crippen molar-refractivity contribution >= 4 is 0 Å². The molecule has 62 valence electrons. The van der Waals surface area contributed by atoms with Crippen molar-refractivity contribution in [3.05, 3.63) is 29.9 Å². The van der Waals surface area contributed by atoms with Crippen LogP contribution in [0.15, 0.2) is 27.3 Å². The normalized spacial score (nSPS) is 10.5. The van der Waals surface area contributed by atoms with E-state index in [0.717, 1.165) is 22.8 Å². The third-order valence-corrected chi connectivity index (χ3v) is 1.80. The summed E-state index contributed by atoms with van der Waals surface area (Å²) in [5, 5.41) is 3.84. The van der Waals surface area contributed by atoms with Gasteiger partial charge in [0.25, 0.3) is 0 Å². The summed E-state index contributed by atoms with van der Waals surface area (Å²) in [6, 6.07) is 3.74. The molecule has 12 heavy (non-hydrogen) atoms. The Kier molecular flexibility index (Phi) is 1.50. The van der Waals surface area contributed by atoms with Gasteiger partial charge in [-0.15, -0.1) is 0 Å². The van der Waals surface area contributed by atoms with Gasteiger partial charge in [-0.1, -0.05) is 5.16 Å². The highest BCUT2D eigenvalue weighted by Gasteiger charge is 2.12. The van der Waals surface area contributed by atoms with Crippen LogP contribution in [0.5, 0.6) is 0 Å². The lowest BCUT2D eigenvalue weighted by Gasteiger charge is -1.91. The molecule has 0 amide bonds. The smallest absolute Gasteiger partial charge is 0.144 e. The van der Waals surface area contributed by atoms with Crippen molar-refractivity contribution in [2.24, 2.45) is 0 Å². The summed E-state index contributed by atoms with van der Waals surface area (Å²) in [4.78, 5) is 0. The number of furan rings is 1. The zero-order valence-electron chi connectivity index (χ0n) is 7.00. The Bertz CT molecular complexity index is 354. The summed E-state index contributed by atoms with van der Waals surface area (Å²) < 4.78 is 10.2. The first kappa shape index (κ1) is 7.16. The van der Waals surface area contributed by atoms with Crippen LogP contribution >= 0.6 is 0 Å². The van der Waals surface area contributed by atoms with Crippen LogP contribution in [0.4, 0.5) is 0 Å².